The van der Waals surface area contributed by atoms with Gasteiger partial charge in [-0.15, -0.1) is 0 Å². The lowest BCUT2D eigenvalue weighted by Crippen LogP contribution is -2.44. The van der Waals surface area contributed by atoms with Gasteiger partial charge in [0.25, 0.3) is 0 Å². The van der Waals surface area contributed by atoms with Crippen LogP contribution in [0.1, 0.15) is 5.56 Å². The zero-order chi connectivity index (χ0) is 17.0. The first-order chi connectivity index (χ1) is 10.8. The van der Waals surface area contributed by atoms with Gasteiger partial charge in [-0.25, -0.2) is 17.1 Å². The molecule has 0 unspecified atom stereocenters. The summed E-state index contributed by atoms with van der Waals surface area (Å²) in [6.45, 7) is 0.595. The molecule has 1 aromatic carbocycles. The molecule has 0 saturated carbocycles. The summed E-state index contributed by atoms with van der Waals surface area (Å²) < 4.78 is 43.3. The number of amides is 1. The van der Waals surface area contributed by atoms with Crippen LogP contribution < -0.4 is 5.32 Å². The van der Waals surface area contributed by atoms with Crippen molar-refractivity contribution in [1.82, 2.24) is 9.62 Å². The molecular formula is C15H21FN2O4S. The van der Waals surface area contributed by atoms with Crippen molar-refractivity contribution >= 4 is 15.9 Å². The molecular weight excluding hydrogens is 323 g/mol. The highest BCUT2D eigenvalue weighted by Gasteiger charge is 2.34. The summed E-state index contributed by atoms with van der Waals surface area (Å²) in [4.78, 5) is 12.1. The second-order valence-corrected chi connectivity index (χ2v) is 8.06. The molecule has 1 fully saturated rings. The molecule has 1 N–H and O–H groups in total. The number of ether oxygens (including phenoxy) is 1. The molecule has 0 aliphatic carbocycles. The van der Waals surface area contributed by atoms with Gasteiger partial charge < -0.3 is 10.1 Å². The van der Waals surface area contributed by atoms with Gasteiger partial charge in [-0.05, 0) is 17.7 Å². The highest BCUT2D eigenvalue weighted by Crippen LogP contribution is 2.17. The van der Waals surface area contributed by atoms with Crippen molar-refractivity contribution in [1.29, 1.82) is 0 Å². The lowest BCUT2D eigenvalue weighted by Gasteiger charge is -2.21. The number of benzene rings is 1. The van der Waals surface area contributed by atoms with Crippen LogP contribution in [0.2, 0.25) is 0 Å². The van der Waals surface area contributed by atoms with Crippen LogP contribution in [0, 0.1) is 11.7 Å². The molecule has 0 radical (unpaired) electrons. The molecule has 128 valence electrons. The summed E-state index contributed by atoms with van der Waals surface area (Å²) in [7, 11) is -0.395. The number of hydrogen-bond donors (Lipinski definition) is 1. The van der Waals surface area contributed by atoms with E-state index in [1.807, 2.05) is 0 Å². The Morgan fingerprint density at radius 2 is 1.96 bits per heavy atom. The number of rotatable bonds is 6. The highest BCUT2D eigenvalue weighted by molar-refractivity contribution is 7.89. The molecule has 1 saturated heterocycles. The average molecular weight is 344 g/mol. The van der Waals surface area contributed by atoms with Crippen molar-refractivity contribution in [2.45, 2.75) is 12.5 Å². The second-order valence-electron chi connectivity index (χ2n) is 5.84. The zero-order valence-corrected chi connectivity index (χ0v) is 14.0. The minimum Gasteiger partial charge on any atom is -0.379 e. The zero-order valence-electron chi connectivity index (χ0n) is 13.2. The summed E-state index contributed by atoms with van der Waals surface area (Å²) in [6.07, 6.45) is 0.115. The van der Waals surface area contributed by atoms with Crippen LogP contribution in [0.4, 0.5) is 4.39 Å². The van der Waals surface area contributed by atoms with Crippen molar-refractivity contribution < 1.29 is 22.3 Å². The minimum atomic E-state index is -3.35. The summed E-state index contributed by atoms with van der Waals surface area (Å²) in [5.74, 6) is -0.937. The third-order valence-corrected chi connectivity index (χ3v) is 5.77. The van der Waals surface area contributed by atoms with Gasteiger partial charge in [0.05, 0.1) is 31.4 Å². The molecule has 6 nitrogen and oxygen atoms in total. The largest absolute Gasteiger partial charge is 0.379 e. The number of nitrogens with one attached hydrogen (secondary N) is 1. The van der Waals surface area contributed by atoms with E-state index in [9.17, 15) is 17.6 Å². The molecule has 0 bridgehead atoms. The SMILES string of the molecule is CN(C)S(=O)(=O)C[C@@H]1COC[C@H]1NC(=O)Cc1ccc(F)cc1. The van der Waals surface area contributed by atoms with Crippen molar-refractivity contribution in [3.63, 3.8) is 0 Å². The van der Waals surface area contributed by atoms with Crippen molar-refractivity contribution in [3.8, 4) is 0 Å². The fourth-order valence-corrected chi connectivity index (χ4v) is 3.56. The van der Waals surface area contributed by atoms with Crippen LogP contribution in [0.3, 0.4) is 0 Å². The molecule has 0 aromatic heterocycles. The molecule has 1 aliphatic heterocycles. The Balaban J connectivity index is 1.93. The van der Waals surface area contributed by atoms with E-state index in [-0.39, 0.29) is 35.9 Å². The third kappa shape index (κ3) is 4.98. The molecule has 23 heavy (non-hydrogen) atoms. The van der Waals surface area contributed by atoms with Gasteiger partial charge in [-0.3, -0.25) is 4.79 Å². The van der Waals surface area contributed by atoms with Crippen LogP contribution in [0.15, 0.2) is 24.3 Å². The fourth-order valence-electron chi connectivity index (χ4n) is 2.39. The third-order valence-electron chi connectivity index (χ3n) is 3.80. The van der Waals surface area contributed by atoms with Crippen LogP contribution in [0.25, 0.3) is 0 Å². The first kappa shape index (κ1) is 17.8. The molecule has 1 amide bonds. The number of sulfonamides is 1. The second kappa shape index (κ2) is 7.37. The predicted molar refractivity (Wildman–Crippen MR) is 83.8 cm³/mol. The number of hydrogen-bond acceptors (Lipinski definition) is 4. The van der Waals surface area contributed by atoms with Gasteiger partial charge in [0.15, 0.2) is 0 Å². The van der Waals surface area contributed by atoms with E-state index in [2.05, 4.69) is 5.32 Å². The molecule has 1 aromatic rings. The van der Waals surface area contributed by atoms with Gasteiger partial charge >= 0.3 is 0 Å². The van der Waals surface area contributed by atoms with Crippen LogP contribution in [-0.2, 0) is 26.0 Å². The van der Waals surface area contributed by atoms with E-state index in [0.717, 1.165) is 0 Å². The Morgan fingerprint density at radius 1 is 1.30 bits per heavy atom. The van der Waals surface area contributed by atoms with Gasteiger partial charge in [-0.1, -0.05) is 12.1 Å². The summed E-state index contributed by atoms with van der Waals surface area (Å²) in [5.41, 5.74) is 0.695. The Morgan fingerprint density at radius 3 is 2.57 bits per heavy atom. The first-order valence-electron chi connectivity index (χ1n) is 7.29. The van der Waals surface area contributed by atoms with Crippen LogP contribution in [0.5, 0.6) is 0 Å². The quantitative estimate of drug-likeness (QED) is 0.810. The summed E-state index contributed by atoms with van der Waals surface area (Å²) in [6, 6.07) is 5.36. The van der Waals surface area contributed by atoms with Crippen LogP contribution >= 0.6 is 0 Å². The number of halogens is 1. The Bertz CT molecular complexity index is 646. The maximum Gasteiger partial charge on any atom is 0.224 e. The smallest absolute Gasteiger partial charge is 0.224 e. The number of nitrogens with zero attached hydrogens (tertiary/aromatic N) is 1. The van der Waals surface area contributed by atoms with Gasteiger partial charge in [0.1, 0.15) is 5.82 Å². The Hall–Kier alpha value is -1.51. The van der Waals surface area contributed by atoms with E-state index in [4.69, 9.17) is 4.74 Å². The van der Waals surface area contributed by atoms with Crippen LogP contribution in [-0.4, -0.2) is 57.7 Å². The van der Waals surface area contributed by atoms with Gasteiger partial charge in [0.2, 0.25) is 15.9 Å². The Kier molecular flexibility index (Phi) is 5.72. The first-order valence-corrected chi connectivity index (χ1v) is 8.90. The van der Waals surface area contributed by atoms with Crippen molar-refractivity contribution in [2.75, 3.05) is 33.1 Å². The molecule has 1 heterocycles. The molecule has 0 spiro atoms. The molecule has 1 aliphatic rings. The van der Waals surface area contributed by atoms with E-state index in [1.165, 1.54) is 30.5 Å². The molecule has 2 rings (SSSR count). The van der Waals surface area contributed by atoms with E-state index < -0.39 is 10.0 Å². The van der Waals surface area contributed by atoms with E-state index in [1.54, 1.807) is 12.1 Å². The topological polar surface area (TPSA) is 75.7 Å². The van der Waals surface area contributed by atoms with E-state index >= 15 is 0 Å². The predicted octanol–water partition coefficient (Wildman–Crippen LogP) is 0.391. The fraction of sp³-hybridized carbons (Fsp3) is 0.533. The summed E-state index contributed by atoms with van der Waals surface area (Å²) in [5, 5.41) is 2.81. The number of carbonyl (C=O) groups excluding carboxylic acids is 1. The summed E-state index contributed by atoms with van der Waals surface area (Å²) >= 11 is 0. The van der Waals surface area contributed by atoms with Crippen molar-refractivity contribution in [3.05, 3.63) is 35.6 Å². The minimum absolute atomic E-state index is 0.0680. The maximum absolute atomic E-state index is 12.8. The van der Waals surface area contributed by atoms with Gasteiger partial charge in [-0.2, -0.15) is 0 Å². The van der Waals surface area contributed by atoms with E-state index in [0.29, 0.717) is 18.8 Å². The molecule has 2 atom stereocenters. The maximum atomic E-state index is 12.8. The average Bonchev–Trinajstić information content (AvgIpc) is 2.87. The lowest BCUT2D eigenvalue weighted by molar-refractivity contribution is -0.121. The molecule has 8 heteroatoms. The lowest BCUT2D eigenvalue weighted by atomic mass is 10.1. The Labute approximate surface area is 135 Å². The van der Waals surface area contributed by atoms with Crippen molar-refractivity contribution in [2.24, 2.45) is 5.92 Å². The monoisotopic (exact) mass is 344 g/mol. The van der Waals surface area contributed by atoms with Gasteiger partial charge in [0, 0.05) is 20.0 Å². The highest BCUT2D eigenvalue weighted by atomic mass is 32.2. The number of carbonyl (C=O) groups is 1. The normalized spacial score (nSPS) is 21.6. The standard InChI is InChI=1S/C15H21FN2O4S/c1-18(2)23(20,21)10-12-8-22-9-14(12)17-15(19)7-11-3-5-13(16)6-4-11/h3-6,12,14H,7-10H2,1-2H3,(H,17,19)/t12-,14+/m0/s1.